The molecule has 68 valence electrons. The molecule has 0 unspecified atom stereocenters. The maximum absolute atomic E-state index is 9.09. The van der Waals surface area contributed by atoms with Crippen LogP contribution in [0.25, 0.3) is 10.9 Å². The fourth-order valence-corrected chi connectivity index (χ4v) is 1.75. The van der Waals surface area contributed by atoms with Crippen LogP contribution in [-0.4, -0.2) is 10.1 Å². The van der Waals surface area contributed by atoms with Gasteiger partial charge in [-0.2, -0.15) is 0 Å². The Kier molecular flexibility index (Phi) is 2.02. The first-order valence-electron chi connectivity index (χ1n) is 4.10. The molecule has 2 N–H and O–H groups in total. The predicted molar refractivity (Wildman–Crippen MR) is 54.0 cm³/mol. The summed E-state index contributed by atoms with van der Waals surface area (Å²) in [7, 11) is 0. The zero-order valence-electron chi connectivity index (χ0n) is 7.26. The molecule has 1 heterocycles. The molecule has 0 saturated heterocycles. The Hall–Kier alpha value is -0.990. The number of aryl methyl sites for hydroxylation is 1. The molecule has 0 fully saturated rings. The number of benzene rings is 1. The third-order valence-corrected chi connectivity index (χ3v) is 2.49. The number of hydrogen-bond donors (Lipinski definition) is 2. The Labute approximate surface area is 81.1 Å². The summed E-state index contributed by atoms with van der Waals surface area (Å²) >= 11 is 5.90. The Morgan fingerprint density at radius 3 is 2.92 bits per heavy atom. The van der Waals surface area contributed by atoms with Gasteiger partial charge in [0.15, 0.2) is 0 Å². The van der Waals surface area contributed by atoms with Crippen LogP contribution in [0, 0.1) is 6.92 Å². The van der Waals surface area contributed by atoms with Gasteiger partial charge in [0.2, 0.25) is 0 Å². The first kappa shape index (κ1) is 8.60. The van der Waals surface area contributed by atoms with Gasteiger partial charge in [-0.05, 0) is 19.1 Å². The predicted octanol–water partition coefficient (Wildman–Crippen LogP) is 2.62. The van der Waals surface area contributed by atoms with E-state index in [0.29, 0.717) is 5.15 Å². The molecule has 0 atom stereocenters. The summed E-state index contributed by atoms with van der Waals surface area (Å²) in [6.45, 7) is 1.99. The van der Waals surface area contributed by atoms with E-state index in [-0.39, 0.29) is 6.61 Å². The van der Waals surface area contributed by atoms with Crippen molar-refractivity contribution in [2.45, 2.75) is 13.5 Å². The summed E-state index contributed by atoms with van der Waals surface area (Å²) in [6.07, 6.45) is 0. The van der Waals surface area contributed by atoms with E-state index < -0.39 is 0 Å². The van der Waals surface area contributed by atoms with Crippen LogP contribution in [0.4, 0.5) is 0 Å². The monoisotopic (exact) mass is 195 g/mol. The van der Waals surface area contributed by atoms with E-state index in [2.05, 4.69) is 4.98 Å². The highest BCUT2D eigenvalue weighted by atomic mass is 35.5. The van der Waals surface area contributed by atoms with Gasteiger partial charge in [0.05, 0.1) is 6.61 Å². The fourth-order valence-electron chi connectivity index (χ4n) is 1.48. The van der Waals surface area contributed by atoms with Gasteiger partial charge in [-0.3, -0.25) is 0 Å². The molecule has 0 saturated carbocycles. The second-order valence-electron chi connectivity index (χ2n) is 3.12. The lowest BCUT2D eigenvalue weighted by molar-refractivity contribution is 0.283. The Morgan fingerprint density at radius 2 is 2.23 bits per heavy atom. The average Bonchev–Trinajstić information content (AvgIpc) is 2.40. The molecule has 0 aliphatic carbocycles. The van der Waals surface area contributed by atoms with Crippen LogP contribution >= 0.6 is 11.6 Å². The van der Waals surface area contributed by atoms with Gasteiger partial charge in [0, 0.05) is 16.5 Å². The highest BCUT2D eigenvalue weighted by molar-refractivity contribution is 6.31. The van der Waals surface area contributed by atoms with E-state index in [1.165, 1.54) is 0 Å². The zero-order chi connectivity index (χ0) is 9.42. The summed E-state index contributed by atoms with van der Waals surface area (Å²) in [5, 5.41) is 10.6. The lowest BCUT2D eigenvalue weighted by atomic mass is 10.1. The molecule has 3 heteroatoms. The van der Waals surface area contributed by atoms with Crippen molar-refractivity contribution in [2.75, 3.05) is 0 Å². The van der Waals surface area contributed by atoms with Crippen LogP contribution in [0.1, 0.15) is 11.1 Å². The fraction of sp³-hybridized carbons (Fsp3) is 0.200. The van der Waals surface area contributed by atoms with Crippen LogP contribution < -0.4 is 0 Å². The van der Waals surface area contributed by atoms with E-state index in [1.807, 2.05) is 25.1 Å². The lowest BCUT2D eigenvalue weighted by Gasteiger charge is -1.95. The number of rotatable bonds is 1. The smallest absolute Gasteiger partial charge is 0.112 e. The van der Waals surface area contributed by atoms with Crippen molar-refractivity contribution in [3.63, 3.8) is 0 Å². The van der Waals surface area contributed by atoms with Gasteiger partial charge in [-0.25, -0.2) is 0 Å². The minimum Gasteiger partial charge on any atom is -0.392 e. The molecular formula is C10H10ClNO. The third-order valence-electron chi connectivity index (χ3n) is 2.17. The van der Waals surface area contributed by atoms with Crippen molar-refractivity contribution < 1.29 is 5.11 Å². The molecule has 2 rings (SSSR count). The van der Waals surface area contributed by atoms with E-state index in [1.54, 1.807) is 0 Å². The number of fused-ring (bicyclic) bond motifs is 1. The molecule has 13 heavy (non-hydrogen) atoms. The number of halogens is 1. The summed E-state index contributed by atoms with van der Waals surface area (Å²) in [5.41, 5.74) is 2.91. The van der Waals surface area contributed by atoms with Crippen molar-refractivity contribution in [3.05, 3.63) is 34.5 Å². The number of aromatic amines is 1. The van der Waals surface area contributed by atoms with Crippen LogP contribution in [0.2, 0.25) is 5.15 Å². The topological polar surface area (TPSA) is 36.0 Å². The first-order chi connectivity index (χ1) is 6.22. The maximum atomic E-state index is 9.09. The van der Waals surface area contributed by atoms with Crippen LogP contribution in [0.3, 0.4) is 0 Å². The highest BCUT2D eigenvalue weighted by Gasteiger charge is 2.07. The maximum Gasteiger partial charge on any atom is 0.112 e. The number of hydrogen-bond acceptors (Lipinski definition) is 1. The normalized spacial score (nSPS) is 11.0. The summed E-state index contributed by atoms with van der Waals surface area (Å²) < 4.78 is 0. The summed E-state index contributed by atoms with van der Waals surface area (Å²) in [6, 6.07) is 6.00. The third kappa shape index (κ3) is 1.32. The number of nitrogens with one attached hydrogen (secondary N) is 1. The minimum absolute atomic E-state index is 0.0255. The molecule has 0 aliphatic heterocycles. The van der Waals surface area contributed by atoms with Crippen molar-refractivity contribution in [2.24, 2.45) is 0 Å². The Bertz CT molecular complexity index is 447. The molecular weight excluding hydrogens is 186 g/mol. The van der Waals surface area contributed by atoms with Gasteiger partial charge in [0.1, 0.15) is 5.15 Å². The van der Waals surface area contributed by atoms with Gasteiger partial charge in [0.25, 0.3) is 0 Å². The Morgan fingerprint density at radius 1 is 1.46 bits per heavy atom. The highest BCUT2D eigenvalue weighted by Crippen LogP contribution is 2.26. The molecule has 0 spiro atoms. The summed E-state index contributed by atoms with van der Waals surface area (Å²) in [5.74, 6) is 0. The van der Waals surface area contributed by atoms with Crippen LogP contribution in [0.5, 0.6) is 0 Å². The van der Waals surface area contributed by atoms with E-state index in [4.69, 9.17) is 16.7 Å². The zero-order valence-corrected chi connectivity index (χ0v) is 8.02. The first-order valence-corrected chi connectivity index (χ1v) is 4.47. The lowest BCUT2D eigenvalue weighted by Crippen LogP contribution is -1.80. The molecule has 0 bridgehead atoms. The van der Waals surface area contributed by atoms with E-state index in [9.17, 15) is 0 Å². The molecule has 1 aromatic heterocycles. The minimum atomic E-state index is -0.0255. The van der Waals surface area contributed by atoms with E-state index >= 15 is 0 Å². The van der Waals surface area contributed by atoms with Crippen molar-refractivity contribution >= 4 is 22.5 Å². The van der Waals surface area contributed by atoms with Gasteiger partial charge < -0.3 is 10.1 Å². The van der Waals surface area contributed by atoms with Gasteiger partial charge >= 0.3 is 0 Å². The van der Waals surface area contributed by atoms with Crippen molar-refractivity contribution in [1.82, 2.24) is 4.98 Å². The largest absolute Gasteiger partial charge is 0.392 e. The number of aliphatic hydroxyl groups is 1. The molecule has 2 aromatic rings. The van der Waals surface area contributed by atoms with Crippen LogP contribution in [-0.2, 0) is 6.61 Å². The molecule has 0 amide bonds. The number of aliphatic hydroxyl groups excluding tert-OH is 1. The van der Waals surface area contributed by atoms with Gasteiger partial charge in [-0.1, -0.05) is 23.2 Å². The van der Waals surface area contributed by atoms with Crippen LogP contribution in [0.15, 0.2) is 18.2 Å². The van der Waals surface area contributed by atoms with E-state index in [0.717, 1.165) is 22.0 Å². The quantitative estimate of drug-likeness (QED) is 0.721. The van der Waals surface area contributed by atoms with Crippen molar-refractivity contribution in [1.29, 1.82) is 0 Å². The average molecular weight is 196 g/mol. The summed E-state index contributed by atoms with van der Waals surface area (Å²) in [4.78, 5) is 3.01. The molecule has 0 aliphatic rings. The standard InChI is InChI=1S/C10H10ClNO/c1-6-2-3-9-7(4-6)8(5-13)10(11)12-9/h2-4,12-13H,5H2,1H3. The second kappa shape index (κ2) is 3.05. The molecule has 2 nitrogen and oxygen atoms in total. The molecule has 1 aromatic carbocycles. The van der Waals surface area contributed by atoms with Gasteiger partial charge in [-0.15, -0.1) is 0 Å². The number of H-pyrrole nitrogens is 1. The second-order valence-corrected chi connectivity index (χ2v) is 3.50. The Balaban J connectivity index is 2.80. The number of aromatic nitrogens is 1. The van der Waals surface area contributed by atoms with Crippen molar-refractivity contribution in [3.8, 4) is 0 Å². The SMILES string of the molecule is Cc1ccc2[nH]c(Cl)c(CO)c2c1. The molecule has 0 radical (unpaired) electrons.